The molecule has 0 radical (unpaired) electrons. The summed E-state index contributed by atoms with van der Waals surface area (Å²) in [4.78, 5) is 12.1. The predicted molar refractivity (Wildman–Crippen MR) is 90.9 cm³/mol. The fourth-order valence-electron chi connectivity index (χ4n) is 3.86. The number of benzene rings is 1. The van der Waals surface area contributed by atoms with E-state index < -0.39 is 0 Å². The average molecular weight is 409 g/mol. The molecule has 5 heteroatoms. The van der Waals surface area contributed by atoms with Gasteiger partial charge < -0.3 is 10.2 Å². The Morgan fingerprint density at radius 3 is 2.59 bits per heavy atom. The van der Waals surface area contributed by atoms with Crippen LogP contribution in [-0.2, 0) is 4.79 Å². The lowest BCUT2D eigenvalue weighted by Crippen LogP contribution is -2.28. The number of carbonyl (C=O) groups is 1. The van der Waals surface area contributed by atoms with Crippen LogP contribution >= 0.6 is 22.6 Å². The second-order valence-corrected chi connectivity index (χ2v) is 7.40. The van der Waals surface area contributed by atoms with E-state index in [1.807, 2.05) is 25.1 Å². The minimum Gasteiger partial charge on any atom is -0.494 e. The first kappa shape index (κ1) is 14.1. The summed E-state index contributed by atoms with van der Waals surface area (Å²) in [6.07, 6.45) is 2.17. The topological polar surface area (TPSA) is 62.5 Å². The molecule has 0 amide bonds. The number of halogens is 1. The highest BCUT2D eigenvalue weighted by molar-refractivity contribution is 14.1. The van der Waals surface area contributed by atoms with Gasteiger partial charge in [0.25, 0.3) is 0 Å². The molecule has 4 nitrogen and oxygen atoms in total. The van der Waals surface area contributed by atoms with E-state index in [9.17, 15) is 15.0 Å². The third kappa shape index (κ3) is 1.77. The monoisotopic (exact) mass is 409 g/mol. The fourth-order valence-corrected chi connectivity index (χ4v) is 4.36. The number of nitrogens with zero attached hydrogens (tertiary/aromatic N) is 1. The van der Waals surface area contributed by atoms with Gasteiger partial charge in [0.1, 0.15) is 5.78 Å². The summed E-state index contributed by atoms with van der Waals surface area (Å²) in [6, 6.07) is 5.78. The largest absolute Gasteiger partial charge is 0.494 e. The smallest absolute Gasteiger partial charge is 0.202 e. The lowest BCUT2D eigenvalue weighted by Gasteiger charge is -2.34. The van der Waals surface area contributed by atoms with Gasteiger partial charge in [0, 0.05) is 27.0 Å². The van der Waals surface area contributed by atoms with Gasteiger partial charge in [0.15, 0.2) is 0 Å². The average Bonchev–Trinajstić information content (AvgIpc) is 2.76. The van der Waals surface area contributed by atoms with E-state index in [0.29, 0.717) is 12.0 Å². The molecule has 1 saturated carbocycles. The Morgan fingerprint density at radius 2 is 1.91 bits per heavy atom. The molecule has 0 aliphatic heterocycles. The van der Waals surface area contributed by atoms with Gasteiger partial charge in [-0.1, -0.05) is 6.07 Å². The number of aromatic nitrogens is 1. The van der Waals surface area contributed by atoms with Crippen LogP contribution in [0.15, 0.2) is 18.2 Å². The Balaban J connectivity index is 1.96. The summed E-state index contributed by atoms with van der Waals surface area (Å²) in [7, 11) is 0. The van der Waals surface area contributed by atoms with E-state index in [0.717, 1.165) is 33.2 Å². The van der Waals surface area contributed by atoms with Crippen molar-refractivity contribution in [2.45, 2.75) is 38.0 Å². The van der Waals surface area contributed by atoms with Gasteiger partial charge in [-0.05, 0) is 66.0 Å². The molecule has 3 aliphatic carbocycles. The van der Waals surface area contributed by atoms with Crippen molar-refractivity contribution in [2.75, 3.05) is 0 Å². The zero-order chi connectivity index (χ0) is 15.6. The summed E-state index contributed by atoms with van der Waals surface area (Å²) in [5, 5.41) is 21.3. The second-order valence-electron chi connectivity index (χ2n) is 6.24. The Morgan fingerprint density at radius 1 is 1.18 bits per heavy atom. The van der Waals surface area contributed by atoms with Crippen LogP contribution in [0, 0.1) is 10.5 Å². The lowest BCUT2D eigenvalue weighted by molar-refractivity contribution is -0.123. The van der Waals surface area contributed by atoms with Gasteiger partial charge in [-0.25, -0.2) is 0 Å². The Kier molecular flexibility index (Phi) is 3.04. The normalized spacial score (nSPS) is 22.9. The minimum absolute atomic E-state index is 0.0231. The van der Waals surface area contributed by atoms with E-state index >= 15 is 0 Å². The highest BCUT2D eigenvalue weighted by atomic mass is 127. The zero-order valence-corrected chi connectivity index (χ0v) is 14.3. The van der Waals surface area contributed by atoms with Crippen molar-refractivity contribution in [1.82, 2.24) is 4.57 Å². The van der Waals surface area contributed by atoms with E-state index in [1.54, 1.807) is 0 Å². The molecule has 22 heavy (non-hydrogen) atoms. The Hall–Kier alpha value is -1.50. The quantitative estimate of drug-likeness (QED) is 0.706. The van der Waals surface area contributed by atoms with Crippen molar-refractivity contribution in [1.29, 1.82) is 0 Å². The maximum absolute atomic E-state index is 12.1. The summed E-state index contributed by atoms with van der Waals surface area (Å²) in [5.74, 6) is 0.0970. The van der Waals surface area contributed by atoms with Gasteiger partial charge in [-0.15, -0.1) is 0 Å². The molecule has 0 spiro atoms. The molecule has 1 fully saturated rings. The molecule has 2 atom stereocenters. The van der Waals surface area contributed by atoms with Gasteiger partial charge >= 0.3 is 0 Å². The van der Waals surface area contributed by atoms with Crippen molar-refractivity contribution < 1.29 is 15.0 Å². The number of Topliss-reactive ketones (excluding diaryl/α,β-unsaturated/α-hetero) is 1. The van der Waals surface area contributed by atoms with Crippen LogP contribution in [0.1, 0.15) is 47.8 Å². The molecule has 3 aliphatic rings. The molecule has 2 N–H and O–H groups in total. The lowest BCUT2D eigenvalue weighted by atomic mass is 9.67. The highest BCUT2D eigenvalue weighted by Crippen LogP contribution is 2.55. The standard InChI is InChI=1S/C17H16INO3/c1-8-2-4-10(7-12(8)18)19-16(21)14-9-3-5-11(13(20)6-9)15(14)17(19)22/h2,4,7,9,11,21-22H,3,5-6H2,1H3/t9-,11+/m0/s1. The number of hydrogen-bond acceptors (Lipinski definition) is 3. The van der Waals surface area contributed by atoms with Crippen molar-refractivity contribution in [3.63, 3.8) is 0 Å². The summed E-state index contributed by atoms with van der Waals surface area (Å²) in [6.45, 7) is 2.02. The number of aromatic hydroxyl groups is 2. The van der Waals surface area contributed by atoms with Gasteiger partial charge in [0.2, 0.25) is 11.8 Å². The SMILES string of the molecule is Cc1ccc(-n2c(O)c3c(c2O)[C@@H]2CC[C@H]3CC2=O)cc1I. The number of ketones is 1. The molecule has 2 bridgehead atoms. The number of carbonyl (C=O) groups excluding carboxylic acids is 1. The third-order valence-electron chi connectivity index (χ3n) is 5.01. The van der Waals surface area contributed by atoms with Gasteiger partial charge in [0.05, 0.1) is 5.69 Å². The molecule has 5 rings (SSSR count). The van der Waals surface area contributed by atoms with Crippen LogP contribution < -0.4 is 0 Å². The number of fused-ring (bicyclic) bond motifs is 2. The van der Waals surface area contributed by atoms with Crippen molar-refractivity contribution in [2.24, 2.45) is 0 Å². The van der Waals surface area contributed by atoms with E-state index in [4.69, 9.17) is 0 Å². The zero-order valence-electron chi connectivity index (χ0n) is 12.1. The fraction of sp³-hybridized carbons (Fsp3) is 0.353. The summed E-state index contributed by atoms with van der Waals surface area (Å²) in [5.41, 5.74) is 3.31. The number of hydrogen-bond donors (Lipinski definition) is 2. The Labute approximate surface area is 141 Å². The molecule has 0 saturated heterocycles. The first-order valence-electron chi connectivity index (χ1n) is 7.44. The van der Waals surface area contributed by atoms with Crippen LogP contribution in [0.25, 0.3) is 5.69 Å². The van der Waals surface area contributed by atoms with Crippen molar-refractivity contribution >= 4 is 28.4 Å². The first-order valence-corrected chi connectivity index (χ1v) is 8.52. The predicted octanol–water partition coefficient (Wildman–Crippen LogP) is 3.74. The molecule has 114 valence electrons. The second kappa shape index (κ2) is 4.75. The van der Waals surface area contributed by atoms with Crippen LogP contribution in [0.5, 0.6) is 11.8 Å². The molecule has 0 unspecified atom stereocenters. The van der Waals surface area contributed by atoms with Crippen LogP contribution in [0.4, 0.5) is 0 Å². The minimum atomic E-state index is -0.253. The van der Waals surface area contributed by atoms with E-state index in [-0.39, 0.29) is 29.4 Å². The van der Waals surface area contributed by atoms with E-state index in [2.05, 4.69) is 22.6 Å². The summed E-state index contributed by atoms with van der Waals surface area (Å²) < 4.78 is 2.55. The maximum Gasteiger partial charge on any atom is 0.202 e. The maximum atomic E-state index is 12.1. The Bertz CT molecular complexity index is 809. The summed E-state index contributed by atoms with van der Waals surface area (Å²) >= 11 is 2.24. The highest BCUT2D eigenvalue weighted by Gasteiger charge is 2.45. The molecule has 1 aromatic heterocycles. The first-order chi connectivity index (χ1) is 10.5. The van der Waals surface area contributed by atoms with E-state index in [1.165, 1.54) is 4.57 Å². The molecule has 1 heterocycles. The number of aryl methyl sites for hydroxylation is 1. The van der Waals surface area contributed by atoms with Gasteiger partial charge in [-0.3, -0.25) is 9.36 Å². The molecular formula is C17H16INO3. The third-order valence-corrected chi connectivity index (χ3v) is 6.17. The van der Waals surface area contributed by atoms with Crippen LogP contribution in [0.3, 0.4) is 0 Å². The van der Waals surface area contributed by atoms with Crippen molar-refractivity contribution in [3.05, 3.63) is 38.5 Å². The van der Waals surface area contributed by atoms with Crippen molar-refractivity contribution in [3.8, 4) is 17.4 Å². The van der Waals surface area contributed by atoms with Gasteiger partial charge in [-0.2, -0.15) is 0 Å². The molecular weight excluding hydrogens is 393 g/mol. The molecule has 2 aromatic rings. The van der Waals surface area contributed by atoms with Crippen LogP contribution in [-0.4, -0.2) is 20.6 Å². The molecule has 1 aromatic carbocycles. The number of rotatable bonds is 1. The van der Waals surface area contributed by atoms with Crippen LogP contribution in [0.2, 0.25) is 0 Å².